The lowest BCUT2D eigenvalue weighted by atomic mass is 10.1. The highest BCUT2D eigenvalue weighted by molar-refractivity contribution is 6.64. The topological polar surface area (TPSA) is 81.0 Å². The summed E-state index contributed by atoms with van der Waals surface area (Å²) < 4.78 is 0. The number of hydrogen-bond donors (Lipinski definition) is 0. The van der Waals surface area contributed by atoms with Crippen LogP contribution in [-0.2, 0) is 16.1 Å². The number of nitrogens with zero attached hydrogens (tertiary/aromatic N) is 5. The Morgan fingerprint density at radius 3 is 2.88 bits per heavy atom. The smallest absolute Gasteiger partial charge is 0.272 e. The maximum atomic E-state index is 11.6. The molecular weight excluding hydrogens is 234 g/mol. The first-order valence-corrected chi connectivity index (χ1v) is 5.27. The van der Waals surface area contributed by atoms with E-state index in [9.17, 15) is 9.59 Å². The highest BCUT2D eigenvalue weighted by Gasteiger charge is 2.36. The number of tetrazole rings is 1. The van der Waals surface area contributed by atoms with E-state index in [1.807, 2.05) is 6.92 Å². The first-order valence-electron chi connectivity index (χ1n) is 4.89. The van der Waals surface area contributed by atoms with Gasteiger partial charge in [-0.05, 0) is 23.7 Å². The van der Waals surface area contributed by atoms with Crippen LogP contribution in [0.2, 0.25) is 0 Å². The molecule has 16 heavy (non-hydrogen) atoms. The van der Waals surface area contributed by atoms with Crippen LogP contribution in [0.5, 0.6) is 0 Å². The van der Waals surface area contributed by atoms with Crippen LogP contribution in [0.3, 0.4) is 0 Å². The zero-order valence-electron chi connectivity index (χ0n) is 8.63. The maximum Gasteiger partial charge on any atom is 0.272 e. The molecule has 1 aliphatic rings. The van der Waals surface area contributed by atoms with Gasteiger partial charge in [0.05, 0.1) is 12.5 Å². The first-order chi connectivity index (χ1) is 7.61. The van der Waals surface area contributed by atoms with Crippen molar-refractivity contribution in [3.63, 3.8) is 0 Å². The second-order valence-electron chi connectivity index (χ2n) is 3.49. The van der Waals surface area contributed by atoms with Gasteiger partial charge in [-0.25, -0.2) is 0 Å². The molecule has 0 aliphatic carbocycles. The molecule has 1 aromatic heterocycles. The number of halogens is 1. The van der Waals surface area contributed by atoms with Gasteiger partial charge in [-0.2, -0.15) is 4.80 Å². The van der Waals surface area contributed by atoms with Crippen LogP contribution in [0.15, 0.2) is 0 Å². The van der Waals surface area contributed by atoms with Gasteiger partial charge in [0.2, 0.25) is 11.1 Å². The van der Waals surface area contributed by atoms with Gasteiger partial charge in [0.15, 0.2) is 0 Å². The van der Waals surface area contributed by atoms with Crippen LogP contribution in [0, 0.1) is 5.92 Å². The summed E-state index contributed by atoms with van der Waals surface area (Å²) in [6.45, 7) is 2.67. The number of carbonyl (C=O) groups is 2. The normalized spacial score (nSPS) is 20.5. The first kappa shape index (κ1) is 11.0. The van der Waals surface area contributed by atoms with E-state index in [-0.39, 0.29) is 24.8 Å². The highest BCUT2D eigenvalue weighted by Crippen LogP contribution is 2.23. The Labute approximate surface area is 96.3 Å². The number of hydrogen-bond acceptors (Lipinski definition) is 5. The number of aryl methyl sites for hydroxylation is 1. The summed E-state index contributed by atoms with van der Waals surface area (Å²) in [4.78, 5) is 25.3. The van der Waals surface area contributed by atoms with Crippen LogP contribution in [0.1, 0.15) is 13.3 Å². The van der Waals surface area contributed by atoms with E-state index in [1.54, 1.807) is 0 Å². The van der Waals surface area contributed by atoms with Crippen molar-refractivity contribution >= 4 is 28.7 Å². The molecule has 1 fully saturated rings. The Morgan fingerprint density at radius 2 is 2.38 bits per heavy atom. The molecule has 0 N–H and O–H groups in total. The monoisotopic (exact) mass is 243 g/mol. The Balaban J connectivity index is 2.16. The molecule has 0 unspecified atom stereocenters. The van der Waals surface area contributed by atoms with Crippen molar-refractivity contribution in [2.24, 2.45) is 5.92 Å². The Hall–Kier alpha value is -1.50. The van der Waals surface area contributed by atoms with E-state index in [0.717, 1.165) is 0 Å². The molecule has 86 valence electrons. The summed E-state index contributed by atoms with van der Waals surface area (Å²) in [7, 11) is 0. The minimum absolute atomic E-state index is 0.114. The van der Waals surface area contributed by atoms with Crippen LogP contribution < -0.4 is 4.90 Å². The molecule has 1 saturated heterocycles. The predicted octanol–water partition coefficient (Wildman–Crippen LogP) is -0.189. The van der Waals surface area contributed by atoms with Gasteiger partial charge in [-0.3, -0.25) is 14.5 Å². The molecule has 1 atom stereocenters. The molecular formula is C8H10ClN5O2. The second-order valence-corrected chi connectivity index (χ2v) is 3.86. The molecule has 7 nitrogen and oxygen atoms in total. The van der Waals surface area contributed by atoms with Crippen molar-refractivity contribution in [2.45, 2.75) is 19.9 Å². The number of aromatic nitrogens is 4. The third kappa shape index (κ3) is 1.90. The van der Waals surface area contributed by atoms with E-state index < -0.39 is 11.2 Å². The fourth-order valence-corrected chi connectivity index (χ4v) is 1.68. The van der Waals surface area contributed by atoms with Gasteiger partial charge in [-0.15, -0.1) is 5.10 Å². The van der Waals surface area contributed by atoms with Gasteiger partial charge >= 0.3 is 0 Å². The molecule has 1 aromatic rings. The van der Waals surface area contributed by atoms with Crippen LogP contribution in [-0.4, -0.2) is 37.9 Å². The summed E-state index contributed by atoms with van der Waals surface area (Å²) in [6, 6.07) is 0. The number of anilines is 1. The molecule has 8 heteroatoms. The predicted molar refractivity (Wildman–Crippen MR) is 54.8 cm³/mol. The Morgan fingerprint density at radius 1 is 1.62 bits per heavy atom. The Kier molecular flexibility index (Phi) is 2.86. The second kappa shape index (κ2) is 4.17. The van der Waals surface area contributed by atoms with Crippen molar-refractivity contribution in [2.75, 3.05) is 11.4 Å². The van der Waals surface area contributed by atoms with Gasteiger partial charge in [0, 0.05) is 13.0 Å². The van der Waals surface area contributed by atoms with Crippen LogP contribution in [0.4, 0.5) is 5.95 Å². The van der Waals surface area contributed by atoms with E-state index in [0.29, 0.717) is 6.54 Å². The summed E-state index contributed by atoms with van der Waals surface area (Å²) in [5.41, 5.74) is 0. The van der Waals surface area contributed by atoms with Crippen molar-refractivity contribution < 1.29 is 9.59 Å². The van der Waals surface area contributed by atoms with Gasteiger partial charge in [-0.1, -0.05) is 5.10 Å². The fraction of sp³-hybridized carbons (Fsp3) is 0.625. The van der Waals surface area contributed by atoms with Crippen molar-refractivity contribution in [1.82, 2.24) is 20.2 Å². The zero-order chi connectivity index (χ0) is 11.7. The van der Waals surface area contributed by atoms with E-state index in [1.165, 1.54) is 9.70 Å². The number of amides is 1. The number of rotatable bonds is 3. The summed E-state index contributed by atoms with van der Waals surface area (Å²) in [5, 5.41) is 11.0. The lowest BCUT2D eigenvalue weighted by Crippen LogP contribution is -2.26. The molecule has 0 radical (unpaired) electrons. The van der Waals surface area contributed by atoms with Crippen LogP contribution in [0.25, 0.3) is 0 Å². The third-order valence-corrected chi connectivity index (χ3v) is 2.72. The molecule has 0 bridgehead atoms. The molecule has 0 saturated carbocycles. The lowest BCUT2D eigenvalue weighted by molar-refractivity contribution is -0.120. The van der Waals surface area contributed by atoms with E-state index in [4.69, 9.17) is 11.6 Å². The summed E-state index contributed by atoms with van der Waals surface area (Å²) >= 11 is 5.36. The largest absolute Gasteiger partial charge is 0.281 e. The van der Waals surface area contributed by atoms with Crippen molar-refractivity contribution in [1.29, 1.82) is 0 Å². The summed E-state index contributed by atoms with van der Waals surface area (Å²) in [6.07, 6.45) is 0.114. The molecule has 0 aromatic carbocycles. The van der Waals surface area contributed by atoms with E-state index in [2.05, 4.69) is 15.4 Å². The lowest BCUT2D eigenvalue weighted by Gasteiger charge is -2.09. The highest BCUT2D eigenvalue weighted by atomic mass is 35.5. The van der Waals surface area contributed by atoms with Gasteiger partial charge in [0.1, 0.15) is 0 Å². The molecule has 2 rings (SSSR count). The average molecular weight is 244 g/mol. The summed E-state index contributed by atoms with van der Waals surface area (Å²) in [5.74, 6) is -0.440. The quantitative estimate of drug-likeness (QED) is 0.688. The molecule has 1 aliphatic heterocycles. The minimum atomic E-state index is -0.501. The van der Waals surface area contributed by atoms with Crippen molar-refractivity contribution in [3.8, 4) is 0 Å². The van der Waals surface area contributed by atoms with Crippen molar-refractivity contribution in [3.05, 3.63) is 0 Å². The van der Waals surface area contributed by atoms with Gasteiger partial charge < -0.3 is 0 Å². The number of carbonyl (C=O) groups excluding carboxylic acids is 2. The Bertz CT molecular complexity index is 432. The average Bonchev–Trinajstić information content (AvgIpc) is 2.83. The third-order valence-electron chi connectivity index (χ3n) is 2.41. The van der Waals surface area contributed by atoms with E-state index >= 15 is 0 Å². The molecule has 1 amide bonds. The molecule has 0 spiro atoms. The minimum Gasteiger partial charge on any atom is -0.281 e. The fourth-order valence-electron chi connectivity index (χ4n) is 1.53. The van der Waals surface area contributed by atoms with Gasteiger partial charge in [0.25, 0.3) is 5.95 Å². The van der Waals surface area contributed by atoms with Crippen LogP contribution >= 0.6 is 11.6 Å². The molecule has 2 heterocycles. The zero-order valence-corrected chi connectivity index (χ0v) is 9.39. The maximum absolute atomic E-state index is 11.6. The standard InChI is InChI=1S/C8H10ClN5O2/c1-2-14-11-8(10-12-14)13-4-5(7(9)16)3-6(13)15/h5H,2-4H2,1H3/t5-/m1/s1. The SMILES string of the molecule is CCn1nnc(N2C[C@H](C(=O)Cl)CC2=O)n1.